The van der Waals surface area contributed by atoms with Crippen molar-refractivity contribution in [1.82, 2.24) is 4.90 Å². The van der Waals surface area contributed by atoms with Gasteiger partial charge in [-0.25, -0.2) is 0 Å². The number of hydrogen-bond acceptors (Lipinski definition) is 5. The molecule has 0 spiro atoms. The Morgan fingerprint density at radius 3 is 2.48 bits per heavy atom. The molecular formula is C25H23NO5. The standard InChI is InChI=1S/C25H23NO5/c1-15-6-7-16(2)18(13-15)14-26-22(20-5-4-12-31-20)21(24(28)25(26)29)23(27)17-8-10-19(30-3)11-9-17/h4-13,22,27H,14H2,1-3H3/b23-21-. The maximum Gasteiger partial charge on any atom is 0.296 e. The fourth-order valence-corrected chi connectivity index (χ4v) is 3.84. The molecule has 1 atom stereocenters. The van der Waals surface area contributed by atoms with Crippen LogP contribution in [0.3, 0.4) is 0 Å². The summed E-state index contributed by atoms with van der Waals surface area (Å²) in [4.78, 5) is 27.5. The Morgan fingerprint density at radius 2 is 1.84 bits per heavy atom. The zero-order chi connectivity index (χ0) is 22.1. The third-order valence-electron chi connectivity index (χ3n) is 5.56. The van der Waals surface area contributed by atoms with E-state index in [1.54, 1.807) is 43.5 Å². The molecule has 1 fully saturated rings. The van der Waals surface area contributed by atoms with Crippen LogP contribution in [0.2, 0.25) is 0 Å². The minimum absolute atomic E-state index is 0.00965. The molecule has 1 unspecified atom stereocenters. The first-order valence-corrected chi connectivity index (χ1v) is 9.93. The predicted octanol–water partition coefficient (Wildman–Crippen LogP) is 4.53. The highest BCUT2D eigenvalue weighted by Gasteiger charge is 2.47. The summed E-state index contributed by atoms with van der Waals surface area (Å²) in [7, 11) is 1.55. The van der Waals surface area contributed by atoms with Gasteiger partial charge in [-0.1, -0.05) is 23.8 Å². The molecule has 6 nitrogen and oxygen atoms in total. The van der Waals surface area contributed by atoms with Crippen LogP contribution in [0, 0.1) is 13.8 Å². The van der Waals surface area contributed by atoms with Crippen LogP contribution in [0.5, 0.6) is 5.75 Å². The van der Waals surface area contributed by atoms with Gasteiger partial charge in [0.05, 0.1) is 18.9 Å². The van der Waals surface area contributed by atoms with Crippen LogP contribution in [0.25, 0.3) is 5.76 Å². The monoisotopic (exact) mass is 417 g/mol. The second kappa shape index (κ2) is 8.14. The third kappa shape index (κ3) is 3.72. The number of carbonyl (C=O) groups is 2. The fourth-order valence-electron chi connectivity index (χ4n) is 3.84. The fraction of sp³-hybridized carbons (Fsp3) is 0.200. The van der Waals surface area contributed by atoms with Gasteiger partial charge >= 0.3 is 0 Å². The Kier molecular flexibility index (Phi) is 5.38. The molecule has 0 saturated carbocycles. The quantitative estimate of drug-likeness (QED) is 0.375. The number of methoxy groups -OCH3 is 1. The van der Waals surface area contributed by atoms with E-state index >= 15 is 0 Å². The van der Waals surface area contributed by atoms with Crippen LogP contribution in [0.1, 0.15) is 34.1 Å². The Bertz CT molecular complexity index is 1160. The van der Waals surface area contributed by atoms with Gasteiger partial charge in [-0.3, -0.25) is 9.59 Å². The van der Waals surface area contributed by atoms with E-state index in [9.17, 15) is 14.7 Å². The molecule has 1 amide bonds. The molecule has 2 heterocycles. The lowest BCUT2D eigenvalue weighted by atomic mass is 9.98. The first kappa shape index (κ1) is 20.5. The molecule has 1 N–H and O–H groups in total. The molecule has 0 radical (unpaired) electrons. The van der Waals surface area contributed by atoms with Crippen molar-refractivity contribution in [2.75, 3.05) is 7.11 Å². The first-order chi connectivity index (χ1) is 14.9. The van der Waals surface area contributed by atoms with Gasteiger partial charge in [-0.2, -0.15) is 0 Å². The van der Waals surface area contributed by atoms with Gasteiger partial charge in [-0.15, -0.1) is 0 Å². The molecule has 1 aliphatic heterocycles. The molecule has 6 heteroatoms. The van der Waals surface area contributed by atoms with E-state index in [0.29, 0.717) is 17.1 Å². The lowest BCUT2D eigenvalue weighted by Crippen LogP contribution is -2.29. The Balaban J connectivity index is 1.82. The van der Waals surface area contributed by atoms with Crippen molar-refractivity contribution < 1.29 is 23.8 Å². The van der Waals surface area contributed by atoms with Gasteiger partial charge < -0.3 is 19.2 Å². The van der Waals surface area contributed by atoms with E-state index < -0.39 is 17.7 Å². The van der Waals surface area contributed by atoms with Crippen molar-refractivity contribution in [2.24, 2.45) is 0 Å². The van der Waals surface area contributed by atoms with Crippen molar-refractivity contribution >= 4 is 17.4 Å². The van der Waals surface area contributed by atoms with Gasteiger partial charge in [0.2, 0.25) is 0 Å². The SMILES string of the molecule is COc1ccc(/C(O)=C2/C(=O)C(=O)N(Cc3cc(C)ccc3C)C2c2ccco2)cc1. The number of aryl methyl sites for hydroxylation is 2. The number of amides is 1. The lowest BCUT2D eigenvalue weighted by molar-refractivity contribution is -0.140. The topological polar surface area (TPSA) is 80.0 Å². The summed E-state index contributed by atoms with van der Waals surface area (Å²) >= 11 is 0. The van der Waals surface area contributed by atoms with Gasteiger partial charge in [0.1, 0.15) is 23.3 Å². The van der Waals surface area contributed by atoms with Crippen molar-refractivity contribution in [3.05, 3.63) is 94.4 Å². The van der Waals surface area contributed by atoms with E-state index in [4.69, 9.17) is 9.15 Å². The van der Waals surface area contributed by atoms with Crippen molar-refractivity contribution in [3.63, 3.8) is 0 Å². The summed E-state index contributed by atoms with van der Waals surface area (Å²) in [6.45, 7) is 4.16. The van der Waals surface area contributed by atoms with Crippen molar-refractivity contribution in [1.29, 1.82) is 0 Å². The normalized spacial score (nSPS) is 17.9. The molecule has 4 rings (SSSR count). The highest BCUT2D eigenvalue weighted by molar-refractivity contribution is 6.46. The Morgan fingerprint density at radius 1 is 1.10 bits per heavy atom. The third-order valence-corrected chi connectivity index (χ3v) is 5.56. The average molecular weight is 417 g/mol. The van der Waals surface area contributed by atoms with Crippen molar-refractivity contribution in [3.8, 4) is 5.75 Å². The Labute approximate surface area is 180 Å². The van der Waals surface area contributed by atoms with E-state index in [0.717, 1.165) is 16.7 Å². The van der Waals surface area contributed by atoms with Gasteiger partial charge in [0, 0.05) is 12.1 Å². The van der Waals surface area contributed by atoms with E-state index in [1.165, 1.54) is 11.2 Å². The van der Waals surface area contributed by atoms with Crippen LogP contribution in [0.4, 0.5) is 0 Å². The maximum absolute atomic E-state index is 13.0. The molecule has 0 bridgehead atoms. The second-order valence-corrected chi connectivity index (χ2v) is 7.60. The number of ketones is 1. The van der Waals surface area contributed by atoms with Gasteiger partial charge in [-0.05, 0) is 61.4 Å². The molecule has 3 aromatic rings. The molecule has 0 aliphatic carbocycles. The number of ether oxygens (including phenoxy) is 1. The number of aliphatic hydroxyl groups is 1. The van der Waals surface area contributed by atoms with Gasteiger partial charge in [0.15, 0.2) is 0 Å². The zero-order valence-electron chi connectivity index (χ0n) is 17.6. The number of carbonyl (C=O) groups excluding carboxylic acids is 2. The highest BCUT2D eigenvalue weighted by Crippen LogP contribution is 2.40. The summed E-state index contributed by atoms with van der Waals surface area (Å²) < 4.78 is 10.7. The number of rotatable bonds is 5. The molecule has 1 saturated heterocycles. The number of aliphatic hydroxyl groups excluding tert-OH is 1. The molecule has 2 aromatic carbocycles. The number of Topliss-reactive ketones (excluding diaryl/α,β-unsaturated/α-hetero) is 1. The van der Waals surface area contributed by atoms with Crippen LogP contribution in [-0.4, -0.2) is 28.8 Å². The van der Waals surface area contributed by atoms with Crippen LogP contribution in [0.15, 0.2) is 70.9 Å². The summed E-state index contributed by atoms with van der Waals surface area (Å²) in [5.74, 6) is -0.614. The van der Waals surface area contributed by atoms with E-state index in [1.807, 2.05) is 32.0 Å². The minimum atomic E-state index is -0.822. The first-order valence-electron chi connectivity index (χ1n) is 9.93. The van der Waals surface area contributed by atoms with E-state index in [-0.39, 0.29) is 17.9 Å². The summed E-state index contributed by atoms with van der Waals surface area (Å²) in [5.41, 5.74) is 3.44. The minimum Gasteiger partial charge on any atom is -0.507 e. The summed E-state index contributed by atoms with van der Waals surface area (Å²) in [6.07, 6.45) is 1.49. The molecule has 1 aliphatic rings. The maximum atomic E-state index is 13.0. The van der Waals surface area contributed by atoms with Gasteiger partial charge in [0.25, 0.3) is 11.7 Å². The van der Waals surface area contributed by atoms with Crippen LogP contribution in [-0.2, 0) is 16.1 Å². The Hall–Kier alpha value is -3.80. The molecular weight excluding hydrogens is 394 g/mol. The van der Waals surface area contributed by atoms with Crippen LogP contribution < -0.4 is 4.74 Å². The predicted molar refractivity (Wildman–Crippen MR) is 115 cm³/mol. The molecule has 158 valence electrons. The zero-order valence-corrected chi connectivity index (χ0v) is 17.6. The largest absolute Gasteiger partial charge is 0.507 e. The smallest absolute Gasteiger partial charge is 0.296 e. The van der Waals surface area contributed by atoms with Crippen LogP contribution >= 0.6 is 0 Å². The lowest BCUT2D eigenvalue weighted by Gasteiger charge is -2.24. The number of nitrogens with zero attached hydrogens (tertiary/aromatic N) is 1. The number of likely N-dealkylation sites (tertiary alicyclic amines) is 1. The summed E-state index contributed by atoms with van der Waals surface area (Å²) in [6, 6.07) is 15.2. The average Bonchev–Trinajstić information content (AvgIpc) is 3.38. The number of hydrogen-bond donors (Lipinski definition) is 1. The summed E-state index contributed by atoms with van der Waals surface area (Å²) in [5, 5.41) is 11.0. The second-order valence-electron chi connectivity index (χ2n) is 7.60. The highest BCUT2D eigenvalue weighted by atomic mass is 16.5. The van der Waals surface area contributed by atoms with E-state index in [2.05, 4.69) is 0 Å². The molecule has 31 heavy (non-hydrogen) atoms. The number of furan rings is 1. The molecule has 1 aromatic heterocycles. The van der Waals surface area contributed by atoms with Crippen molar-refractivity contribution in [2.45, 2.75) is 26.4 Å². The number of benzene rings is 2.